The minimum atomic E-state index is 0.267. The summed E-state index contributed by atoms with van der Waals surface area (Å²) in [4.78, 5) is 0.267. The first-order chi connectivity index (χ1) is 9.47. The number of thiocarbonyl (C=S) groups is 1. The standard InChI is InChI=1S/C15H13Cl2NOS/c1-9-2-3-10(13(16)6-9)8-19-11-4-5-12(15(18)20)14(17)7-11/h2-7H,8H2,1H3,(H2,18,20). The van der Waals surface area contributed by atoms with Crippen LogP contribution in [0.5, 0.6) is 5.75 Å². The smallest absolute Gasteiger partial charge is 0.121 e. The van der Waals surface area contributed by atoms with Crippen LogP contribution in [0.3, 0.4) is 0 Å². The zero-order chi connectivity index (χ0) is 14.7. The highest BCUT2D eigenvalue weighted by Gasteiger charge is 2.06. The largest absolute Gasteiger partial charge is 0.489 e. The number of hydrogen-bond acceptors (Lipinski definition) is 2. The van der Waals surface area contributed by atoms with Crippen molar-refractivity contribution in [1.82, 2.24) is 0 Å². The molecule has 0 radical (unpaired) electrons. The monoisotopic (exact) mass is 325 g/mol. The molecule has 0 saturated carbocycles. The lowest BCUT2D eigenvalue weighted by atomic mass is 10.1. The van der Waals surface area contributed by atoms with Gasteiger partial charge in [0.1, 0.15) is 17.3 Å². The van der Waals surface area contributed by atoms with Gasteiger partial charge in [-0.3, -0.25) is 0 Å². The molecule has 0 saturated heterocycles. The second kappa shape index (κ2) is 6.44. The normalized spacial score (nSPS) is 10.3. The van der Waals surface area contributed by atoms with E-state index in [4.69, 9.17) is 45.9 Å². The Morgan fingerprint density at radius 1 is 1.15 bits per heavy atom. The maximum atomic E-state index is 6.15. The molecule has 0 aromatic heterocycles. The molecule has 0 bridgehead atoms. The summed E-state index contributed by atoms with van der Waals surface area (Å²) in [5, 5.41) is 1.17. The topological polar surface area (TPSA) is 35.2 Å². The number of rotatable bonds is 4. The van der Waals surface area contributed by atoms with Crippen LogP contribution in [0.4, 0.5) is 0 Å². The van der Waals surface area contributed by atoms with Crippen molar-refractivity contribution in [1.29, 1.82) is 0 Å². The summed E-state index contributed by atoms with van der Waals surface area (Å²) in [7, 11) is 0. The molecule has 20 heavy (non-hydrogen) atoms. The van der Waals surface area contributed by atoms with Crippen molar-refractivity contribution in [3.8, 4) is 5.75 Å². The van der Waals surface area contributed by atoms with Crippen molar-refractivity contribution in [2.24, 2.45) is 5.73 Å². The van der Waals surface area contributed by atoms with Gasteiger partial charge in [0, 0.05) is 16.1 Å². The Bertz CT molecular complexity index is 658. The maximum Gasteiger partial charge on any atom is 0.121 e. The summed E-state index contributed by atoms with van der Waals surface area (Å²) in [5.74, 6) is 0.645. The molecule has 2 rings (SSSR count). The third-order valence-electron chi connectivity index (χ3n) is 2.81. The molecule has 0 aliphatic heterocycles. The molecular weight excluding hydrogens is 313 g/mol. The number of nitrogens with two attached hydrogens (primary N) is 1. The van der Waals surface area contributed by atoms with Gasteiger partial charge in [-0.25, -0.2) is 0 Å². The van der Waals surface area contributed by atoms with Crippen molar-refractivity contribution < 1.29 is 4.74 Å². The molecule has 0 unspecified atom stereocenters. The predicted octanol–water partition coefficient (Wildman–Crippen LogP) is 4.52. The molecule has 0 atom stereocenters. The van der Waals surface area contributed by atoms with Crippen molar-refractivity contribution in [3.05, 3.63) is 63.1 Å². The zero-order valence-electron chi connectivity index (χ0n) is 10.8. The van der Waals surface area contributed by atoms with E-state index in [1.807, 2.05) is 25.1 Å². The Morgan fingerprint density at radius 3 is 2.50 bits per heavy atom. The van der Waals surface area contributed by atoms with E-state index < -0.39 is 0 Å². The Labute approximate surface area is 133 Å². The molecule has 0 fully saturated rings. The van der Waals surface area contributed by atoms with E-state index in [2.05, 4.69) is 0 Å². The molecule has 0 amide bonds. The molecule has 2 nitrogen and oxygen atoms in total. The van der Waals surface area contributed by atoms with Gasteiger partial charge in [0.25, 0.3) is 0 Å². The summed E-state index contributed by atoms with van der Waals surface area (Å²) in [6, 6.07) is 11.1. The van der Waals surface area contributed by atoms with E-state index in [1.54, 1.807) is 18.2 Å². The van der Waals surface area contributed by atoms with Gasteiger partial charge in [-0.05, 0) is 36.8 Å². The average Bonchev–Trinajstić information content (AvgIpc) is 2.37. The highest BCUT2D eigenvalue weighted by molar-refractivity contribution is 7.80. The first-order valence-corrected chi connectivity index (χ1v) is 7.11. The van der Waals surface area contributed by atoms with Gasteiger partial charge in [0.15, 0.2) is 0 Å². The lowest BCUT2D eigenvalue weighted by Gasteiger charge is -2.10. The lowest BCUT2D eigenvalue weighted by Crippen LogP contribution is -2.09. The number of aryl methyl sites for hydroxylation is 1. The number of hydrogen-bond donors (Lipinski definition) is 1. The fourth-order valence-corrected chi connectivity index (χ4v) is 2.51. The minimum absolute atomic E-state index is 0.267. The highest BCUT2D eigenvalue weighted by atomic mass is 35.5. The van der Waals surface area contributed by atoms with Crippen LogP contribution in [0, 0.1) is 6.92 Å². The molecule has 104 valence electrons. The van der Waals surface area contributed by atoms with Gasteiger partial charge >= 0.3 is 0 Å². The predicted molar refractivity (Wildman–Crippen MR) is 87.9 cm³/mol. The third kappa shape index (κ3) is 3.63. The Balaban J connectivity index is 2.11. The van der Waals surface area contributed by atoms with Crippen LogP contribution in [0.2, 0.25) is 10.0 Å². The van der Waals surface area contributed by atoms with Crippen LogP contribution >= 0.6 is 35.4 Å². The van der Waals surface area contributed by atoms with Crippen LogP contribution in [0.1, 0.15) is 16.7 Å². The SMILES string of the molecule is Cc1ccc(COc2ccc(C(N)=S)c(Cl)c2)c(Cl)c1. The van der Waals surface area contributed by atoms with E-state index in [1.165, 1.54) is 0 Å². The maximum absolute atomic E-state index is 6.15. The van der Waals surface area contributed by atoms with Gasteiger partial charge < -0.3 is 10.5 Å². The van der Waals surface area contributed by atoms with E-state index >= 15 is 0 Å². The molecule has 0 spiro atoms. The fourth-order valence-electron chi connectivity index (χ4n) is 1.72. The molecular formula is C15H13Cl2NOS. The first kappa shape index (κ1) is 15.1. The van der Waals surface area contributed by atoms with Gasteiger partial charge in [-0.1, -0.05) is 47.6 Å². The van der Waals surface area contributed by atoms with Crippen molar-refractivity contribution >= 4 is 40.4 Å². The van der Waals surface area contributed by atoms with Crippen molar-refractivity contribution in [3.63, 3.8) is 0 Å². The van der Waals surface area contributed by atoms with Crippen LogP contribution in [-0.2, 0) is 6.61 Å². The summed E-state index contributed by atoms with van der Waals surface area (Å²) in [6.07, 6.45) is 0. The van der Waals surface area contributed by atoms with E-state index in [9.17, 15) is 0 Å². The van der Waals surface area contributed by atoms with Crippen molar-refractivity contribution in [2.45, 2.75) is 13.5 Å². The zero-order valence-corrected chi connectivity index (χ0v) is 13.1. The van der Waals surface area contributed by atoms with Gasteiger partial charge in [0.2, 0.25) is 0 Å². The van der Waals surface area contributed by atoms with Crippen LogP contribution in [0.15, 0.2) is 36.4 Å². The Kier molecular flexibility index (Phi) is 4.86. The minimum Gasteiger partial charge on any atom is -0.489 e. The van der Waals surface area contributed by atoms with Crippen LogP contribution < -0.4 is 10.5 Å². The van der Waals surface area contributed by atoms with Crippen LogP contribution in [0.25, 0.3) is 0 Å². The molecule has 0 heterocycles. The van der Waals surface area contributed by atoms with Gasteiger partial charge in [-0.15, -0.1) is 0 Å². The molecule has 2 N–H and O–H groups in total. The quantitative estimate of drug-likeness (QED) is 0.839. The molecule has 2 aromatic carbocycles. The van der Waals surface area contributed by atoms with Gasteiger partial charge in [-0.2, -0.15) is 0 Å². The lowest BCUT2D eigenvalue weighted by molar-refractivity contribution is 0.306. The summed E-state index contributed by atoms with van der Waals surface area (Å²) in [6.45, 7) is 2.37. The summed E-state index contributed by atoms with van der Waals surface area (Å²) < 4.78 is 5.68. The highest BCUT2D eigenvalue weighted by Crippen LogP contribution is 2.24. The first-order valence-electron chi connectivity index (χ1n) is 5.94. The van der Waals surface area contributed by atoms with E-state index in [0.29, 0.717) is 28.0 Å². The fraction of sp³-hybridized carbons (Fsp3) is 0.133. The average molecular weight is 326 g/mol. The Morgan fingerprint density at radius 2 is 1.90 bits per heavy atom. The molecule has 0 aliphatic rings. The second-order valence-corrected chi connectivity index (χ2v) is 5.64. The summed E-state index contributed by atoms with van der Waals surface area (Å²) >= 11 is 17.1. The van der Waals surface area contributed by atoms with Gasteiger partial charge in [0.05, 0.1) is 5.02 Å². The number of benzene rings is 2. The van der Waals surface area contributed by atoms with E-state index in [-0.39, 0.29) is 4.99 Å². The number of halogens is 2. The third-order valence-corrected chi connectivity index (χ3v) is 3.69. The molecule has 0 aliphatic carbocycles. The molecule has 5 heteroatoms. The van der Waals surface area contributed by atoms with E-state index in [0.717, 1.165) is 11.1 Å². The summed E-state index contributed by atoms with van der Waals surface area (Å²) in [5.41, 5.74) is 8.23. The van der Waals surface area contributed by atoms with Crippen molar-refractivity contribution in [2.75, 3.05) is 0 Å². The molecule has 2 aromatic rings. The van der Waals surface area contributed by atoms with Crippen LogP contribution in [-0.4, -0.2) is 4.99 Å². The Hall–Kier alpha value is -1.29. The number of ether oxygens (including phenoxy) is 1. The second-order valence-electron chi connectivity index (χ2n) is 4.39.